The molecule has 1 fully saturated rings. The number of carbonyl (C=O) groups is 1. The lowest BCUT2D eigenvalue weighted by Crippen LogP contribution is -2.44. The van der Waals surface area contributed by atoms with Crippen LogP contribution < -0.4 is 5.32 Å². The van der Waals surface area contributed by atoms with Gasteiger partial charge in [-0.1, -0.05) is 78.4 Å². The Morgan fingerprint density at radius 3 is 2.60 bits per heavy atom. The maximum Gasteiger partial charge on any atom is 0.317 e. The number of nitrogens with zero attached hydrogens (tertiary/aromatic N) is 1. The lowest BCUT2D eigenvalue weighted by molar-refractivity contribution is 0.154. The molecule has 3 heteroatoms. The van der Waals surface area contributed by atoms with Gasteiger partial charge >= 0.3 is 6.03 Å². The van der Waals surface area contributed by atoms with Gasteiger partial charge in [0.2, 0.25) is 0 Å². The van der Waals surface area contributed by atoms with Crippen LogP contribution in [0.1, 0.15) is 47.1 Å². The topological polar surface area (TPSA) is 32.3 Å². The third kappa shape index (κ3) is 3.49. The molecule has 3 nitrogen and oxygen atoms in total. The molecule has 3 aromatic carbocycles. The summed E-state index contributed by atoms with van der Waals surface area (Å²) >= 11 is 0. The highest BCUT2D eigenvalue weighted by molar-refractivity contribution is 5.78. The molecule has 0 aromatic heterocycles. The van der Waals surface area contributed by atoms with Crippen molar-refractivity contribution in [3.63, 3.8) is 0 Å². The van der Waals surface area contributed by atoms with Gasteiger partial charge in [0.25, 0.3) is 0 Å². The number of urea groups is 1. The summed E-state index contributed by atoms with van der Waals surface area (Å²) in [7, 11) is 0. The SMILES string of the molecule is Cc1ccc(-c2cccc3c2[C@H]2C[C@H]3CCN2C(=O)NCCc2ccccc2)cc1. The molecule has 1 aliphatic heterocycles. The Morgan fingerprint density at radius 1 is 1.00 bits per heavy atom. The second-order valence-electron chi connectivity index (χ2n) is 8.57. The van der Waals surface area contributed by atoms with Crippen LogP contribution in [0.3, 0.4) is 0 Å². The zero-order valence-corrected chi connectivity index (χ0v) is 17.5. The van der Waals surface area contributed by atoms with Crippen molar-refractivity contribution in [2.45, 2.75) is 38.1 Å². The van der Waals surface area contributed by atoms with Gasteiger partial charge in [-0.05, 0) is 59.9 Å². The zero-order valence-electron chi connectivity index (χ0n) is 17.5. The van der Waals surface area contributed by atoms with Crippen LogP contribution >= 0.6 is 0 Å². The monoisotopic (exact) mass is 396 g/mol. The molecule has 0 radical (unpaired) electrons. The average Bonchev–Trinajstić information content (AvgIpc) is 3.07. The summed E-state index contributed by atoms with van der Waals surface area (Å²) in [6.45, 7) is 3.62. The molecule has 5 rings (SSSR count). The molecule has 1 N–H and O–H groups in total. The van der Waals surface area contributed by atoms with Gasteiger partial charge < -0.3 is 10.2 Å². The molecule has 2 aliphatic rings. The average molecular weight is 397 g/mol. The predicted molar refractivity (Wildman–Crippen MR) is 122 cm³/mol. The van der Waals surface area contributed by atoms with E-state index < -0.39 is 0 Å². The van der Waals surface area contributed by atoms with Gasteiger partial charge in [0.05, 0.1) is 6.04 Å². The van der Waals surface area contributed by atoms with Crippen LogP contribution in [-0.2, 0) is 6.42 Å². The van der Waals surface area contributed by atoms with Crippen molar-refractivity contribution in [3.05, 3.63) is 95.1 Å². The van der Waals surface area contributed by atoms with E-state index in [-0.39, 0.29) is 12.1 Å². The van der Waals surface area contributed by atoms with Gasteiger partial charge in [-0.25, -0.2) is 4.79 Å². The number of nitrogens with one attached hydrogen (secondary N) is 1. The van der Waals surface area contributed by atoms with Crippen LogP contribution in [0, 0.1) is 6.92 Å². The Hall–Kier alpha value is -3.07. The third-order valence-electron chi connectivity index (χ3n) is 6.67. The standard InChI is InChI=1S/C27H28N2O/c1-19-10-12-21(13-11-19)23-8-5-9-24-22-15-17-29(25(18-22)26(23)24)27(30)28-16-14-20-6-3-2-4-7-20/h2-13,22,25H,14-18H2,1H3,(H,28,30)/t22-,25-/m1/s1. The zero-order chi connectivity index (χ0) is 20.5. The molecular formula is C27H28N2O. The highest BCUT2D eigenvalue weighted by Gasteiger charge is 2.42. The molecule has 30 heavy (non-hydrogen) atoms. The van der Waals surface area contributed by atoms with Crippen molar-refractivity contribution in [1.82, 2.24) is 10.2 Å². The fourth-order valence-electron chi connectivity index (χ4n) is 5.12. The van der Waals surface area contributed by atoms with Crippen LogP contribution in [-0.4, -0.2) is 24.0 Å². The molecule has 0 saturated carbocycles. The van der Waals surface area contributed by atoms with E-state index in [1.165, 1.54) is 33.4 Å². The second-order valence-corrected chi connectivity index (χ2v) is 8.57. The van der Waals surface area contributed by atoms with Crippen molar-refractivity contribution in [2.24, 2.45) is 0 Å². The van der Waals surface area contributed by atoms with E-state index in [0.717, 1.165) is 25.8 Å². The first-order chi connectivity index (χ1) is 14.7. The van der Waals surface area contributed by atoms with E-state index in [1.807, 2.05) is 18.2 Å². The molecule has 1 saturated heterocycles. The van der Waals surface area contributed by atoms with Gasteiger partial charge in [-0.15, -0.1) is 0 Å². The fraction of sp³-hybridized carbons (Fsp3) is 0.296. The Kier molecular flexibility index (Phi) is 5.04. The third-order valence-corrected chi connectivity index (χ3v) is 6.67. The number of aryl methyl sites for hydroxylation is 1. The van der Waals surface area contributed by atoms with Crippen LogP contribution in [0.5, 0.6) is 0 Å². The Balaban J connectivity index is 1.37. The fourth-order valence-corrected chi connectivity index (χ4v) is 5.12. The number of hydrogen-bond donors (Lipinski definition) is 1. The first-order valence-corrected chi connectivity index (χ1v) is 11.0. The van der Waals surface area contributed by atoms with Crippen molar-refractivity contribution in [2.75, 3.05) is 13.1 Å². The summed E-state index contributed by atoms with van der Waals surface area (Å²) in [5.74, 6) is 0.573. The van der Waals surface area contributed by atoms with Gasteiger partial charge in [0, 0.05) is 13.1 Å². The minimum absolute atomic E-state index is 0.0703. The van der Waals surface area contributed by atoms with Crippen LogP contribution in [0.2, 0.25) is 0 Å². The van der Waals surface area contributed by atoms with E-state index in [9.17, 15) is 4.79 Å². The number of carbonyl (C=O) groups excluding carboxylic acids is 1. The lowest BCUT2D eigenvalue weighted by Gasteiger charge is -2.34. The molecular weight excluding hydrogens is 368 g/mol. The number of rotatable bonds is 4. The lowest BCUT2D eigenvalue weighted by atomic mass is 9.93. The molecule has 1 aliphatic carbocycles. The Bertz CT molecular complexity index is 1040. The quantitative estimate of drug-likeness (QED) is 0.590. The highest BCUT2D eigenvalue weighted by Crippen LogP contribution is 2.51. The predicted octanol–water partition coefficient (Wildman–Crippen LogP) is 5.85. The van der Waals surface area contributed by atoms with E-state index in [0.29, 0.717) is 12.5 Å². The summed E-state index contributed by atoms with van der Waals surface area (Å²) in [5, 5.41) is 3.17. The molecule has 1 heterocycles. The summed E-state index contributed by atoms with van der Waals surface area (Å²) in [4.78, 5) is 15.2. The molecule has 3 aromatic rings. The van der Waals surface area contributed by atoms with Crippen LogP contribution in [0.15, 0.2) is 72.8 Å². The van der Waals surface area contributed by atoms with Crippen molar-refractivity contribution in [3.8, 4) is 11.1 Å². The van der Waals surface area contributed by atoms with Crippen molar-refractivity contribution in [1.29, 1.82) is 0 Å². The molecule has 2 bridgehead atoms. The number of hydrogen-bond acceptors (Lipinski definition) is 1. The summed E-state index contributed by atoms with van der Waals surface area (Å²) in [6.07, 6.45) is 2.95. The highest BCUT2D eigenvalue weighted by atomic mass is 16.2. The Morgan fingerprint density at radius 2 is 1.80 bits per heavy atom. The maximum atomic E-state index is 13.1. The van der Waals surface area contributed by atoms with Gasteiger partial charge in [0.1, 0.15) is 0 Å². The van der Waals surface area contributed by atoms with E-state index >= 15 is 0 Å². The summed E-state index contributed by atoms with van der Waals surface area (Å²) in [6, 6.07) is 26.0. The van der Waals surface area contributed by atoms with Gasteiger partial charge in [0.15, 0.2) is 0 Å². The first kappa shape index (κ1) is 18.9. The van der Waals surface area contributed by atoms with Crippen LogP contribution in [0.4, 0.5) is 4.79 Å². The molecule has 0 unspecified atom stereocenters. The number of fused-ring (bicyclic) bond motifs is 5. The first-order valence-electron chi connectivity index (χ1n) is 11.0. The smallest absolute Gasteiger partial charge is 0.317 e. The second kappa shape index (κ2) is 7.98. The number of piperidine rings is 1. The van der Waals surface area contributed by atoms with E-state index in [4.69, 9.17) is 0 Å². The van der Waals surface area contributed by atoms with E-state index in [1.54, 1.807) is 0 Å². The van der Waals surface area contributed by atoms with Crippen molar-refractivity contribution < 1.29 is 4.79 Å². The Labute approximate surface area is 178 Å². The number of likely N-dealkylation sites (tertiary alicyclic amines) is 1. The summed E-state index contributed by atoms with van der Waals surface area (Å²) in [5.41, 5.74) is 7.85. The van der Waals surface area contributed by atoms with Crippen LogP contribution in [0.25, 0.3) is 11.1 Å². The molecule has 0 spiro atoms. The maximum absolute atomic E-state index is 13.1. The normalized spacial score (nSPS) is 19.4. The summed E-state index contributed by atoms with van der Waals surface area (Å²) < 4.78 is 0. The minimum Gasteiger partial charge on any atom is -0.338 e. The molecule has 2 amide bonds. The minimum atomic E-state index is 0.0703. The molecule has 152 valence electrons. The number of benzene rings is 3. The van der Waals surface area contributed by atoms with Crippen molar-refractivity contribution >= 4 is 6.03 Å². The van der Waals surface area contributed by atoms with Gasteiger partial charge in [-0.3, -0.25) is 0 Å². The molecule has 2 atom stereocenters. The number of amides is 2. The van der Waals surface area contributed by atoms with Gasteiger partial charge in [-0.2, -0.15) is 0 Å². The van der Waals surface area contributed by atoms with E-state index in [2.05, 4.69) is 71.7 Å². The largest absolute Gasteiger partial charge is 0.338 e.